The Morgan fingerprint density at radius 1 is 1.50 bits per heavy atom. The van der Waals surface area contributed by atoms with Crippen molar-refractivity contribution in [3.05, 3.63) is 43.5 Å². The average Bonchev–Trinajstić information content (AvgIpc) is 2.97. The second-order valence-electron chi connectivity index (χ2n) is 3.63. The van der Waals surface area contributed by atoms with E-state index in [1.807, 2.05) is 6.07 Å². The van der Waals surface area contributed by atoms with Crippen molar-refractivity contribution in [2.45, 2.75) is 6.54 Å². The average molecular weight is 391 g/mol. The Morgan fingerprint density at radius 3 is 3.17 bits per heavy atom. The van der Waals surface area contributed by atoms with E-state index in [2.05, 4.69) is 49.4 Å². The molecular formula is C11H8ClIN4S. The highest BCUT2D eigenvalue weighted by Crippen LogP contribution is 2.22. The molecule has 0 saturated heterocycles. The summed E-state index contributed by atoms with van der Waals surface area (Å²) < 4.78 is 2.67. The van der Waals surface area contributed by atoms with Gasteiger partial charge in [-0.25, -0.2) is 9.50 Å². The summed E-state index contributed by atoms with van der Waals surface area (Å²) in [4.78, 5) is 5.60. The summed E-state index contributed by atoms with van der Waals surface area (Å²) in [6.07, 6.45) is 1.77. The third-order valence-corrected chi connectivity index (χ3v) is 4.23. The van der Waals surface area contributed by atoms with Crippen molar-refractivity contribution < 1.29 is 0 Å². The number of aromatic nitrogens is 3. The molecule has 3 heterocycles. The summed E-state index contributed by atoms with van der Waals surface area (Å²) in [6, 6.07) is 5.93. The second kappa shape index (κ2) is 5.02. The first-order valence-corrected chi connectivity index (χ1v) is 7.54. The van der Waals surface area contributed by atoms with Crippen LogP contribution in [0.4, 0.5) is 5.69 Å². The fraction of sp³-hybridized carbons (Fsp3) is 0.0909. The van der Waals surface area contributed by atoms with Crippen LogP contribution in [0, 0.1) is 3.70 Å². The van der Waals surface area contributed by atoms with Gasteiger partial charge in [-0.3, -0.25) is 0 Å². The smallest absolute Gasteiger partial charge is 0.178 e. The first-order valence-electron chi connectivity index (χ1n) is 5.20. The molecule has 3 aromatic heterocycles. The maximum atomic E-state index is 6.01. The third-order valence-electron chi connectivity index (χ3n) is 2.43. The van der Waals surface area contributed by atoms with Crippen LogP contribution < -0.4 is 5.32 Å². The zero-order chi connectivity index (χ0) is 12.5. The van der Waals surface area contributed by atoms with Crippen molar-refractivity contribution in [3.63, 3.8) is 0 Å². The molecule has 0 aliphatic rings. The first kappa shape index (κ1) is 12.2. The quantitative estimate of drug-likeness (QED) is 0.694. The van der Waals surface area contributed by atoms with Crippen LogP contribution in [-0.4, -0.2) is 14.6 Å². The Hall–Kier alpha value is -0.860. The zero-order valence-corrected chi connectivity index (χ0v) is 12.8. The number of nitrogens with zero attached hydrogens (tertiary/aromatic N) is 3. The molecule has 0 aromatic carbocycles. The van der Waals surface area contributed by atoms with Gasteiger partial charge in [0, 0.05) is 17.5 Å². The molecule has 3 rings (SSSR count). The fourth-order valence-corrected chi connectivity index (χ4v) is 2.94. The van der Waals surface area contributed by atoms with Gasteiger partial charge in [0.05, 0.1) is 11.9 Å². The molecule has 0 fully saturated rings. The van der Waals surface area contributed by atoms with Crippen LogP contribution in [0.5, 0.6) is 0 Å². The lowest BCUT2D eigenvalue weighted by Gasteiger charge is -2.07. The molecule has 3 aromatic rings. The minimum absolute atomic E-state index is 0.451. The van der Waals surface area contributed by atoms with E-state index in [1.54, 1.807) is 28.1 Å². The molecule has 4 nitrogen and oxygen atoms in total. The van der Waals surface area contributed by atoms with E-state index < -0.39 is 0 Å². The number of hydrogen-bond donors (Lipinski definition) is 1. The van der Waals surface area contributed by atoms with Gasteiger partial charge in [-0.05, 0) is 34.0 Å². The fourth-order valence-electron chi connectivity index (χ4n) is 1.64. The standard InChI is InChI=1S/C11H8ClIN4S/c12-9-4-8(14-5-7-2-1-3-18-7)11-15-6-10(13)17(11)16-9/h1-4,6,14H,5H2. The Kier molecular flexibility index (Phi) is 3.40. The minimum Gasteiger partial charge on any atom is -0.377 e. The number of fused-ring (bicyclic) bond motifs is 1. The van der Waals surface area contributed by atoms with Gasteiger partial charge in [0.1, 0.15) is 3.70 Å². The predicted molar refractivity (Wildman–Crippen MR) is 82.4 cm³/mol. The molecule has 92 valence electrons. The van der Waals surface area contributed by atoms with Crippen LogP contribution in [0.25, 0.3) is 5.65 Å². The van der Waals surface area contributed by atoms with Crippen LogP contribution in [-0.2, 0) is 6.54 Å². The molecule has 0 radical (unpaired) electrons. The number of nitrogens with one attached hydrogen (secondary N) is 1. The molecular weight excluding hydrogens is 383 g/mol. The summed E-state index contributed by atoms with van der Waals surface area (Å²) in [5.41, 5.74) is 1.69. The molecule has 0 unspecified atom stereocenters. The number of anilines is 1. The Morgan fingerprint density at radius 2 is 2.39 bits per heavy atom. The predicted octanol–water partition coefficient (Wildman–Crippen LogP) is 3.66. The maximum Gasteiger partial charge on any atom is 0.178 e. The van der Waals surface area contributed by atoms with Crippen LogP contribution in [0.2, 0.25) is 5.15 Å². The van der Waals surface area contributed by atoms with E-state index >= 15 is 0 Å². The summed E-state index contributed by atoms with van der Waals surface area (Å²) in [5, 5.41) is 10.1. The molecule has 18 heavy (non-hydrogen) atoms. The summed E-state index contributed by atoms with van der Waals surface area (Å²) >= 11 is 9.91. The van der Waals surface area contributed by atoms with Crippen molar-refractivity contribution in [2.75, 3.05) is 5.32 Å². The van der Waals surface area contributed by atoms with E-state index in [0.29, 0.717) is 5.15 Å². The van der Waals surface area contributed by atoms with Crippen molar-refractivity contribution in [2.24, 2.45) is 0 Å². The molecule has 0 aliphatic heterocycles. The van der Waals surface area contributed by atoms with Crippen LogP contribution >= 0.6 is 45.5 Å². The second-order valence-corrected chi connectivity index (χ2v) is 6.15. The number of halogens is 2. The molecule has 0 bridgehead atoms. The van der Waals surface area contributed by atoms with E-state index in [9.17, 15) is 0 Å². The highest BCUT2D eigenvalue weighted by molar-refractivity contribution is 14.1. The van der Waals surface area contributed by atoms with Crippen molar-refractivity contribution in [1.82, 2.24) is 14.6 Å². The molecule has 0 aliphatic carbocycles. The molecule has 0 saturated carbocycles. The SMILES string of the molecule is Clc1cc(NCc2cccs2)c2ncc(I)n2n1. The first-order chi connectivity index (χ1) is 8.74. The molecule has 0 spiro atoms. The van der Waals surface area contributed by atoms with Gasteiger partial charge in [0.25, 0.3) is 0 Å². The lowest BCUT2D eigenvalue weighted by atomic mass is 10.4. The zero-order valence-electron chi connectivity index (χ0n) is 9.10. The topological polar surface area (TPSA) is 42.2 Å². The third kappa shape index (κ3) is 2.32. The molecule has 0 amide bonds. The van der Waals surface area contributed by atoms with E-state index in [-0.39, 0.29) is 0 Å². The Labute approximate surface area is 126 Å². The minimum atomic E-state index is 0.451. The lowest BCUT2D eigenvalue weighted by molar-refractivity contribution is 0.913. The summed E-state index contributed by atoms with van der Waals surface area (Å²) in [6.45, 7) is 0.761. The number of hydrogen-bond acceptors (Lipinski definition) is 4. The molecule has 1 N–H and O–H groups in total. The van der Waals surface area contributed by atoms with Gasteiger partial charge in [-0.15, -0.1) is 11.3 Å². The van der Waals surface area contributed by atoms with Gasteiger partial charge in [-0.2, -0.15) is 5.10 Å². The van der Waals surface area contributed by atoms with Crippen LogP contribution in [0.3, 0.4) is 0 Å². The van der Waals surface area contributed by atoms with E-state index in [0.717, 1.165) is 21.6 Å². The Bertz CT molecular complexity index is 680. The van der Waals surface area contributed by atoms with Crippen LogP contribution in [0.15, 0.2) is 29.8 Å². The Balaban J connectivity index is 1.95. The normalized spacial score (nSPS) is 11.0. The van der Waals surface area contributed by atoms with Gasteiger partial charge < -0.3 is 5.32 Å². The monoisotopic (exact) mass is 390 g/mol. The van der Waals surface area contributed by atoms with Crippen LogP contribution in [0.1, 0.15) is 4.88 Å². The largest absolute Gasteiger partial charge is 0.377 e. The number of rotatable bonds is 3. The van der Waals surface area contributed by atoms with Gasteiger partial charge in [0.2, 0.25) is 0 Å². The van der Waals surface area contributed by atoms with E-state index in [1.165, 1.54) is 4.88 Å². The summed E-state index contributed by atoms with van der Waals surface area (Å²) in [5.74, 6) is 0. The molecule has 7 heteroatoms. The number of thiophene rings is 1. The van der Waals surface area contributed by atoms with Gasteiger partial charge in [0.15, 0.2) is 10.8 Å². The van der Waals surface area contributed by atoms with Gasteiger partial charge >= 0.3 is 0 Å². The van der Waals surface area contributed by atoms with Crippen molar-refractivity contribution in [3.8, 4) is 0 Å². The van der Waals surface area contributed by atoms with Crippen molar-refractivity contribution in [1.29, 1.82) is 0 Å². The van der Waals surface area contributed by atoms with Crippen molar-refractivity contribution >= 4 is 56.9 Å². The number of imidazole rings is 1. The summed E-state index contributed by atoms with van der Waals surface area (Å²) in [7, 11) is 0. The highest BCUT2D eigenvalue weighted by Gasteiger charge is 2.09. The lowest BCUT2D eigenvalue weighted by Crippen LogP contribution is -2.03. The van der Waals surface area contributed by atoms with E-state index in [4.69, 9.17) is 11.6 Å². The van der Waals surface area contributed by atoms with Gasteiger partial charge in [-0.1, -0.05) is 17.7 Å². The molecule has 0 atom stereocenters. The highest BCUT2D eigenvalue weighted by atomic mass is 127. The maximum absolute atomic E-state index is 6.01.